The first-order chi connectivity index (χ1) is 20.2. The molecular formula is C32H30N2O7S. The molecule has 0 N–H and O–H groups in total. The third kappa shape index (κ3) is 5.45. The number of benzene rings is 2. The third-order valence-electron chi connectivity index (χ3n) is 6.84. The topological polar surface area (TPSA) is 109 Å². The van der Waals surface area contributed by atoms with Gasteiger partial charge in [-0.2, -0.15) is 0 Å². The number of rotatable bonds is 8. The SMILES string of the molecule is CCOC(=O)C1=C(C)N=c2s/c(=C/c3ccc(-c4ccc(C(=O)OC)cc4C)o3)c(=O)n2[C@H]1c1ccc(OCC)cc1. The number of aromatic nitrogens is 1. The van der Waals surface area contributed by atoms with Crippen LogP contribution >= 0.6 is 11.3 Å². The Kier molecular flexibility index (Phi) is 8.26. The van der Waals surface area contributed by atoms with Crippen LogP contribution in [0.4, 0.5) is 0 Å². The van der Waals surface area contributed by atoms with Crippen LogP contribution in [0.1, 0.15) is 54.1 Å². The monoisotopic (exact) mass is 586 g/mol. The Morgan fingerprint density at radius 2 is 1.79 bits per heavy atom. The van der Waals surface area contributed by atoms with Gasteiger partial charge >= 0.3 is 11.9 Å². The quantitative estimate of drug-likeness (QED) is 0.279. The first kappa shape index (κ1) is 28.8. The number of thiazole rings is 1. The number of esters is 2. The summed E-state index contributed by atoms with van der Waals surface area (Å²) in [6, 6.07) is 15.4. The van der Waals surface area contributed by atoms with Crippen LogP contribution in [-0.4, -0.2) is 36.8 Å². The Bertz CT molecular complexity index is 1880. The molecule has 9 nitrogen and oxygen atoms in total. The summed E-state index contributed by atoms with van der Waals surface area (Å²) in [6.07, 6.45) is 1.67. The molecule has 0 aliphatic carbocycles. The van der Waals surface area contributed by atoms with Crippen molar-refractivity contribution in [3.63, 3.8) is 0 Å². The van der Waals surface area contributed by atoms with E-state index < -0.39 is 18.0 Å². The van der Waals surface area contributed by atoms with Crippen molar-refractivity contribution in [2.45, 2.75) is 33.7 Å². The average molecular weight is 587 g/mol. The lowest BCUT2D eigenvalue weighted by Gasteiger charge is -2.24. The summed E-state index contributed by atoms with van der Waals surface area (Å²) in [5.74, 6) is 0.832. The zero-order valence-electron chi connectivity index (χ0n) is 23.9. The number of hydrogen-bond donors (Lipinski definition) is 0. The smallest absolute Gasteiger partial charge is 0.338 e. The molecule has 216 valence electrons. The van der Waals surface area contributed by atoms with Crippen LogP contribution in [-0.2, 0) is 14.3 Å². The van der Waals surface area contributed by atoms with Crippen molar-refractivity contribution < 1.29 is 28.2 Å². The molecule has 0 fully saturated rings. The minimum absolute atomic E-state index is 0.196. The van der Waals surface area contributed by atoms with Crippen molar-refractivity contribution in [2.75, 3.05) is 20.3 Å². The van der Waals surface area contributed by atoms with Crippen molar-refractivity contribution in [2.24, 2.45) is 4.99 Å². The highest BCUT2D eigenvalue weighted by molar-refractivity contribution is 7.07. The summed E-state index contributed by atoms with van der Waals surface area (Å²) < 4.78 is 23.8. The van der Waals surface area contributed by atoms with Gasteiger partial charge in [-0.3, -0.25) is 9.36 Å². The number of carbonyl (C=O) groups is 2. The second-order valence-corrected chi connectivity index (χ2v) is 10.5. The number of aryl methyl sites for hydroxylation is 1. The number of fused-ring (bicyclic) bond motifs is 1. The van der Waals surface area contributed by atoms with Gasteiger partial charge in [-0.05, 0) is 75.2 Å². The molecule has 0 bridgehead atoms. The van der Waals surface area contributed by atoms with E-state index >= 15 is 0 Å². The molecular weight excluding hydrogens is 556 g/mol. The molecule has 5 rings (SSSR count). The van der Waals surface area contributed by atoms with E-state index in [1.54, 1.807) is 44.2 Å². The van der Waals surface area contributed by atoms with Gasteiger partial charge in [-0.1, -0.05) is 29.5 Å². The zero-order chi connectivity index (χ0) is 30.0. The van der Waals surface area contributed by atoms with Gasteiger partial charge in [0.25, 0.3) is 5.56 Å². The van der Waals surface area contributed by atoms with Crippen LogP contribution in [0.25, 0.3) is 17.4 Å². The van der Waals surface area contributed by atoms with E-state index in [1.807, 2.05) is 44.2 Å². The summed E-state index contributed by atoms with van der Waals surface area (Å²) >= 11 is 1.22. The van der Waals surface area contributed by atoms with Crippen molar-refractivity contribution in [1.82, 2.24) is 4.57 Å². The Morgan fingerprint density at radius 1 is 1.02 bits per heavy atom. The summed E-state index contributed by atoms with van der Waals surface area (Å²) in [5, 5.41) is 0. The summed E-state index contributed by atoms with van der Waals surface area (Å²) in [7, 11) is 1.34. The predicted octanol–water partition coefficient (Wildman–Crippen LogP) is 4.55. The van der Waals surface area contributed by atoms with Gasteiger partial charge in [0.05, 0.1) is 47.7 Å². The maximum Gasteiger partial charge on any atom is 0.338 e. The van der Waals surface area contributed by atoms with Gasteiger partial charge in [-0.25, -0.2) is 14.6 Å². The number of ether oxygens (including phenoxy) is 3. The van der Waals surface area contributed by atoms with E-state index in [2.05, 4.69) is 4.99 Å². The molecule has 10 heteroatoms. The van der Waals surface area contributed by atoms with E-state index in [-0.39, 0.29) is 12.2 Å². The van der Waals surface area contributed by atoms with Crippen LogP contribution in [0.15, 0.2) is 80.1 Å². The molecule has 0 unspecified atom stereocenters. The summed E-state index contributed by atoms with van der Waals surface area (Å²) in [6.45, 7) is 7.99. The lowest BCUT2D eigenvalue weighted by Crippen LogP contribution is -2.39. The van der Waals surface area contributed by atoms with Crippen molar-refractivity contribution in [3.8, 4) is 17.1 Å². The number of allylic oxidation sites excluding steroid dienone is 1. The second kappa shape index (κ2) is 12.0. The molecule has 2 aromatic heterocycles. The Labute approximate surface area is 246 Å². The molecule has 3 heterocycles. The number of hydrogen-bond acceptors (Lipinski definition) is 9. The molecule has 1 aliphatic heterocycles. The van der Waals surface area contributed by atoms with Crippen LogP contribution in [0.2, 0.25) is 0 Å². The minimum Gasteiger partial charge on any atom is -0.494 e. The van der Waals surface area contributed by atoms with Crippen LogP contribution in [0.3, 0.4) is 0 Å². The highest BCUT2D eigenvalue weighted by Gasteiger charge is 2.33. The zero-order valence-corrected chi connectivity index (χ0v) is 24.7. The predicted molar refractivity (Wildman–Crippen MR) is 158 cm³/mol. The van der Waals surface area contributed by atoms with Gasteiger partial charge in [0.2, 0.25) is 0 Å². The number of nitrogens with zero attached hydrogens (tertiary/aromatic N) is 2. The fourth-order valence-corrected chi connectivity index (χ4v) is 5.94. The Balaban J connectivity index is 1.57. The maximum absolute atomic E-state index is 13.9. The summed E-state index contributed by atoms with van der Waals surface area (Å²) in [4.78, 5) is 43.9. The van der Waals surface area contributed by atoms with Crippen molar-refractivity contribution in [1.29, 1.82) is 0 Å². The molecule has 2 aromatic carbocycles. The number of furan rings is 1. The largest absolute Gasteiger partial charge is 0.494 e. The Hall–Kier alpha value is -4.70. The van der Waals surface area contributed by atoms with Crippen molar-refractivity contribution in [3.05, 3.63) is 108 Å². The second-order valence-electron chi connectivity index (χ2n) is 9.53. The molecule has 42 heavy (non-hydrogen) atoms. The fraction of sp³-hybridized carbons (Fsp3) is 0.250. The molecule has 0 amide bonds. The van der Waals surface area contributed by atoms with E-state index in [0.29, 0.717) is 50.0 Å². The molecule has 1 atom stereocenters. The van der Waals surface area contributed by atoms with E-state index in [1.165, 1.54) is 23.0 Å². The average Bonchev–Trinajstić information content (AvgIpc) is 3.56. The number of carbonyl (C=O) groups excluding carboxylic acids is 2. The minimum atomic E-state index is -0.721. The lowest BCUT2D eigenvalue weighted by molar-refractivity contribution is -0.139. The third-order valence-corrected chi connectivity index (χ3v) is 7.82. The molecule has 4 aromatic rings. The molecule has 0 radical (unpaired) electrons. The Morgan fingerprint density at radius 3 is 2.45 bits per heavy atom. The van der Waals surface area contributed by atoms with Gasteiger partial charge in [0, 0.05) is 11.6 Å². The standard InChI is InChI=1S/C32H30N2O7S/c1-6-39-22-11-8-20(9-12-22)28-27(31(37)40-7-2)19(4)33-32-34(28)29(35)26(42-32)17-23-13-15-25(41-23)24-14-10-21(16-18(24)3)30(36)38-5/h8-17,28H,6-7H2,1-5H3/b26-17+/t28-/m0/s1. The summed E-state index contributed by atoms with van der Waals surface area (Å²) in [5.41, 5.74) is 3.34. The lowest BCUT2D eigenvalue weighted by atomic mass is 9.96. The first-order valence-electron chi connectivity index (χ1n) is 13.5. The number of methoxy groups -OCH3 is 1. The highest BCUT2D eigenvalue weighted by atomic mass is 32.1. The fourth-order valence-electron chi connectivity index (χ4n) is 4.91. The normalized spacial score (nSPS) is 14.8. The van der Waals surface area contributed by atoms with Gasteiger partial charge in [-0.15, -0.1) is 0 Å². The van der Waals surface area contributed by atoms with E-state index in [0.717, 1.165) is 16.7 Å². The van der Waals surface area contributed by atoms with Gasteiger partial charge in [0.15, 0.2) is 4.80 Å². The van der Waals surface area contributed by atoms with Gasteiger partial charge < -0.3 is 18.6 Å². The molecule has 0 spiro atoms. The van der Waals surface area contributed by atoms with Crippen molar-refractivity contribution >= 4 is 29.4 Å². The van der Waals surface area contributed by atoms with Crippen LogP contribution < -0.4 is 19.6 Å². The molecule has 0 saturated heterocycles. The van der Waals surface area contributed by atoms with Crippen LogP contribution in [0.5, 0.6) is 5.75 Å². The molecule has 1 aliphatic rings. The highest BCUT2D eigenvalue weighted by Crippen LogP contribution is 2.32. The van der Waals surface area contributed by atoms with E-state index in [9.17, 15) is 14.4 Å². The maximum atomic E-state index is 13.9. The van der Waals surface area contributed by atoms with Gasteiger partial charge in [0.1, 0.15) is 17.3 Å². The molecule has 0 saturated carbocycles. The first-order valence-corrected chi connectivity index (χ1v) is 14.3. The van der Waals surface area contributed by atoms with Crippen LogP contribution in [0, 0.1) is 6.92 Å². The van der Waals surface area contributed by atoms with E-state index in [4.69, 9.17) is 18.6 Å².